The summed E-state index contributed by atoms with van der Waals surface area (Å²) in [4.78, 5) is 14.9. The second kappa shape index (κ2) is 8.66. The van der Waals surface area contributed by atoms with Gasteiger partial charge in [0.05, 0.1) is 0 Å². The number of aryl methyl sites for hydroxylation is 1. The van der Waals surface area contributed by atoms with E-state index in [9.17, 15) is 4.79 Å². The van der Waals surface area contributed by atoms with Crippen LogP contribution in [0.4, 0.5) is 0 Å². The number of carbonyl (C=O) groups excluding carboxylic acids is 1. The number of piperidine rings is 1. The Morgan fingerprint density at radius 1 is 1.08 bits per heavy atom. The fourth-order valence-corrected chi connectivity index (χ4v) is 4.16. The summed E-state index contributed by atoms with van der Waals surface area (Å²) in [6.45, 7) is 6.18. The van der Waals surface area contributed by atoms with Gasteiger partial charge in [-0.1, -0.05) is 43.5 Å². The number of nitrogens with zero attached hydrogens (tertiary/aromatic N) is 1. The van der Waals surface area contributed by atoms with Gasteiger partial charge in [0.2, 0.25) is 5.91 Å². The maximum absolute atomic E-state index is 12.4. The first-order valence-corrected chi connectivity index (χ1v) is 9.77. The van der Waals surface area contributed by atoms with E-state index in [1.807, 2.05) is 0 Å². The molecule has 24 heavy (non-hydrogen) atoms. The molecule has 0 atom stereocenters. The molecule has 1 saturated heterocycles. The van der Waals surface area contributed by atoms with Crippen LogP contribution in [-0.4, -0.2) is 30.4 Å². The summed E-state index contributed by atoms with van der Waals surface area (Å²) in [5, 5.41) is 3.24. The summed E-state index contributed by atoms with van der Waals surface area (Å²) in [5.41, 5.74) is 2.78. The molecule has 1 heterocycles. The number of benzene rings is 1. The summed E-state index contributed by atoms with van der Waals surface area (Å²) in [5.74, 6) is 1.25. The van der Waals surface area contributed by atoms with E-state index in [4.69, 9.17) is 0 Å². The molecule has 1 aliphatic heterocycles. The molecule has 132 valence electrons. The molecule has 2 fully saturated rings. The molecular weight excluding hydrogens is 296 g/mol. The molecule has 0 aromatic heterocycles. The van der Waals surface area contributed by atoms with E-state index >= 15 is 0 Å². The van der Waals surface area contributed by atoms with E-state index in [-0.39, 0.29) is 5.92 Å². The highest BCUT2D eigenvalue weighted by molar-refractivity contribution is 5.78. The van der Waals surface area contributed by atoms with Gasteiger partial charge in [0, 0.05) is 19.0 Å². The highest BCUT2D eigenvalue weighted by Gasteiger charge is 2.25. The van der Waals surface area contributed by atoms with Crippen LogP contribution in [0.15, 0.2) is 24.3 Å². The van der Waals surface area contributed by atoms with Crippen LogP contribution in [0.3, 0.4) is 0 Å². The predicted octanol–water partition coefficient (Wildman–Crippen LogP) is 3.90. The van der Waals surface area contributed by atoms with E-state index in [1.54, 1.807) is 0 Å². The molecule has 0 bridgehead atoms. The Morgan fingerprint density at radius 3 is 2.50 bits per heavy atom. The van der Waals surface area contributed by atoms with Crippen LogP contribution in [0.5, 0.6) is 0 Å². The Labute approximate surface area is 146 Å². The zero-order valence-electron chi connectivity index (χ0n) is 15.1. The molecule has 2 aliphatic rings. The molecular formula is C21H32N2O. The molecule has 3 heteroatoms. The van der Waals surface area contributed by atoms with Crippen molar-refractivity contribution < 1.29 is 4.79 Å². The van der Waals surface area contributed by atoms with Crippen LogP contribution in [0.1, 0.15) is 56.1 Å². The Morgan fingerprint density at radius 2 is 1.79 bits per heavy atom. The first kappa shape index (κ1) is 17.5. The van der Waals surface area contributed by atoms with E-state index in [0.29, 0.717) is 5.91 Å². The molecule has 1 N–H and O–H groups in total. The molecule has 1 saturated carbocycles. The van der Waals surface area contributed by atoms with Crippen LogP contribution in [-0.2, 0) is 11.3 Å². The number of likely N-dealkylation sites (tertiary alicyclic amines) is 1. The third-order valence-corrected chi connectivity index (χ3v) is 5.90. The van der Waals surface area contributed by atoms with Gasteiger partial charge in [-0.05, 0) is 62.7 Å². The van der Waals surface area contributed by atoms with Gasteiger partial charge in [0.25, 0.3) is 0 Å². The Bertz CT molecular complexity index is 528. The average Bonchev–Trinajstić information content (AvgIpc) is 2.63. The molecule has 1 aromatic carbocycles. The zero-order valence-corrected chi connectivity index (χ0v) is 15.1. The minimum atomic E-state index is 0.224. The average molecular weight is 329 g/mol. The third-order valence-electron chi connectivity index (χ3n) is 5.90. The van der Waals surface area contributed by atoms with E-state index in [2.05, 4.69) is 41.4 Å². The second-order valence-corrected chi connectivity index (χ2v) is 7.73. The second-order valence-electron chi connectivity index (χ2n) is 7.73. The van der Waals surface area contributed by atoms with Crippen molar-refractivity contribution in [2.24, 2.45) is 11.8 Å². The lowest BCUT2D eigenvalue weighted by Crippen LogP contribution is -2.41. The smallest absolute Gasteiger partial charge is 0.223 e. The van der Waals surface area contributed by atoms with Gasteiger partial charge in [-0.3, -0.25) is 9.69 Å². The van der Waals surface area contributed by atoms with Crippen molar-refractivity contribution in [1.29, 1.82) is 0 Å². The summed E-state index contributed by atoms with van der Waals surface area (Å²) < 4.78 is 0. The van der Waals surface area contributed by atoms with Crippen LogP contribution < -0.4 is 5.32 Å². The lowest BCUT2D eigenvalue weighted by Gasteiger charge is -2.32. The topological polar surface area (TPSA) is 32.3 Å². The van der Waals surface area contributed by atoms with Crippen LogP contribution in [0, 0.1) is 18.8 Å². The maximum Gasteiger partial charge on any atom is 0.223 e. The highest BCUT2D eigenvalue weighted by atomic mass is 16.1. The lowest BCUT2D eigenvalue weighted by molar-refractivity contribution is -0.126. The fourth-order valence-electron chi connectivity index (χ4n) is 4.16. The number of hydrogen-bond donors (Lipinski definition) is 1. The molecule has 1 amide bonds. The molecule has 3 nitrogen and oxygen atoms in total. The molecule has 1 aliphatic carbocycles. The number of carbonyl (C=O) groups is 1. The van der Waals surface area contributed by atoms with E-state index in [0.717, 1.165) is 44.9 Å². The number of hydrogen-bond acceptors (Lipinski definition) is 2. The number of rotatable bonds is 5. The predicted molar refractivity (Wildman–Crippen MR) is 98.8 cm³/mol. The van der Waals surface area contributed by atoms with E-state index < -0.39 is 0 Å². The normalized spacial score (nSPS) is 20.9. The summed E-state index contributed by atoms with van der Waals surface area (Å²) >= 11 is 0. The Hall–Kier alpha value is -1.35. The van der Waals surface area contributed by atoms with Gasteiger partial charge in [-0.15, -0.1) is 0 Å². The standard InChI is InChI=1S/C21H32N2O/c1-17-7-5-6-10-20(17)16-23-13-11-19(12-14-23)21(24)22-15-18-8-3-2-4-9-18/h5-7,10,18-19H,2-4,8-9,11-16H2,1H3,(H,22,24). The minimum absolute atomic E-state index is 0.224. The zero-order chi connectivity index (χ0) is 16.8. The van der Waals surface area contributed by atoms with Crippen molar-refractivity contribution in [2.75, 3.05) is 19.6 Å². The summed E-state index contributed by atoms with van der Waals surface area (Å²) in [6.07, 6.45) is 8.68. The van der Waals surface area contributed by atoms with Crippen molar-refractivity contribution in [1.82, 2.24) is 10.2 Å². The minimum Gasteiger partial charge on any atom is -0.356 e. The number of amides is 1. The van der Waals surface area contributed by atoms with Crippen molar-refractivity contribution in [3.05, 3.63) is 35.4 Å². The van der Waals surface area contributed by atoms with Gasteiger partial charge in [-0.25, -0.2) is 0 Å². The molecule has 1 aromatic rings. The monoisotopic (exact) mass is 328 g/mol. The number of nitrogens with one attached hydrogen (secondary N) is 1. The summed E-state index contributed by atoms with van der Waals surface area (Å²) in [6, 6.07) is 8.62. The van der Waals surface area contributed by atoms with Gasteiger partial charge in [0.1, 0.15) is 0 Å². The Kier molecular flexibility index (Phi) is 6.30. The van der Waals surface area contributed by atoms with Crippen molar-refractivity contribution in [2.45, 2.75) is 58.4 Å². The first-order chi connectivity index (χ1) is 11.7. The largest absolute Gasteiger partial charge is 0.356 e. The third kappa shape index (κ3) is 4.83. The molecule has 0 spiro atoms. The lowest BCUT2D eigenvalue weighted by atomic mass is 9.89. The van der Waals surface area contributed by atoms with Crippen LogP contribution in [0.2, 0.25) is 0 Å². The maximum atomic E-state index is 12.4. The fraction of sp³-hybridized carbons (Fsp3) is 0.667. The Balaban J connectivity index is 1.39. The van der Waals surface area contributed by atoms with Gasteiger partial charge in [0.15, 0.2) is 0 Å². The van der Waals surface area contributed by atoms with Crippen LogP contribution in [0.25, 0.3) is 0 Å². The van der Waals surface area contributed by atoms with Crippen molar-refractivity contribution in [3.8, 4) is 0 Å². The van der Waals surface area contributed by atoms with Crippen molar-refractivity contribution in [3.63, 3.8) is 0 Å². The van der Waals surface area contributed by atoms with Gasteiger partial charge >= 0.3 is 0 Å². The highest BCUT2D eigenvalue weighted by Crippen LogP contribution is 2.24. The summed E-state index contributed by atoms with van der Waals surface area (Å²) in [7, 11) is 0. The van der Waals surface area contributed by atoms with Crippen molar-refractivity contribution >= 4 is 5.91 Å². The quantitative estimate of drug-likeness (QED) is 0.889. The first-order valence-electron chi connectivity index (χ1n) is 9.77. The molecule has 0 unspecified atom stereocenters. The van der Waals surface area contributed by atoms with Gasteiger partial charge < -0.3 is 5.32 Å². The van der Waals surface area contributed by atoms with Crippen LogP contribution >= 0.6 is 0 Å². The van der Waals surface area contributed by atoms with Gasteiger partial charge in [-0.2, -0.15) is 0 Å². The molecule has 0 radical (unpaired) electrons. The molecule has 3 rings (SSSR count). The van der Waals surface area contributed by atoms with E-state index in [1.165, 1.54) is 43.2 Å². The SMILES string of the molecule is Cc1ccccc1CN1CCC(C(=O)NCC2CCCCC2)CC1.